The molecule has 2 N–H and O–H groups in total. The summed E-state index contributed by atoms with van der Waals surface area (Å²) in [5.41, 5.74) is 10.3. The summed E-state index contributed by atoms with van der Waals surface area (Å²) in [7, 11) is 0. The summed E-state index contributed by atoms with van der Waals surface area (Å²) in [5, 5.41) is 4.51. The summed E-state index contributed by atoms with van der Waals surface area (Å²) in [6, 6.07) is 9.63. The van der Waals surface area contributed by atoms with Crippen LogP contribution in [-0.2, 0) is 4.74 Å². The lowest BCUT2D eigenvalue weighted by Crippen LogP contribution is -2.42. The Morgan fingerprint density at radius 2 is 1.76 bits per heavy atom. The molecule has 0 unspecified atom stereocenters. The van der Waals surface area contributed by atoms with Crippen molar-refractivity contribution in [1.82, 2.24) is 24.4 Å². The number of fused-ring (bicyclic) bond motifs is 1. The van der Waals surface area contributed by atoms with E-state index in [-0.39, 0.29) is 24.1 Å². The maximum atomic E-state index is 13.8. The number of nitrogens with zero attached hydrogens (tertiary/aromatic N) is 5. The second kappa shape index (κ2) is 10.5. The van der Waals surface area contributed by atoms with Crippen LogP contribution in [0.3, 0.4) is 0 Å². The number of benzene rings is 1. The van der Waals surface area contributed by atoms with E-state index < -0.39 is 5.60 Å². The predicted octanol–water partition coefficient (Wildman–Crippen LogP) is 5.26. The number of nitrogen functional groups attached to an aromatic ring is 1. The fraction of sp³-hybridized carbons (Fsp3) is 0.448. The highest BCUT2D eigenvalue weighted by Gasteiger charge is 2.29. The van der Waals surface area contributed by atoms with Gasteiger partial charge in [-0.25, -0.2) is 14.3 Å². The highest BCUT2D eigenvalue weighted by Crippen LogP contribution is 2.36. The summed E-state index contributed by atoms with van der Waals surface area (Å²) in [4.78, 5) is 34.4. The average molecular weight is 519 g/mol. The zero-order valence-electron chi connectivity index (χ0n) is 23.4. The molecule has 0 saturated carbocycles. The zero-order valence-corrected chi connectivity index (χ0v) is 23.4. The van der Waals surface area contributed by atoms with Gasteiger partial charge in [-0.2, -0.15) is 5.10 Å². The Kier molecular flexibility index (Phi) is 7.49. The third-order valence-electron chi connectivity index (χ3n) is 6.51. The van der Waals surface area contributed by atoms with Gasteiger partial charge in [-0.05, 0) is 78.2 Å². The van der Waals surface area contributed by atoms with Crippen LogP contribution in [0.2, 0.25) is 0 Å². The van der Waals surface area contributed by atoms with E-state index in [0.29, 0.717) is 36.4 Å². The van der Waals surface area contributed by atoms with Gasteiger partial charge in [0.25, 0.3) is 5.91 Å². The molecule has 38 heavy (non-hydrogen) atoms. The van der Waals surface area contributed by atoms with Gasteiger partial charge >= 0.3 is 6.09 Å². The van der Waals surface area contributed by atoms with Crippen molar-refractivity contribution in [2.75, 3.05) is 18.8 Å². The van der Waals surface area contributed by atoms with Gasteiger partial charge in [0.1, 0.15) is 17.4 Å². The minimum Gasteiger partial charge on any atom is -0.444 e. The van der Waals surface area contributed by atoms with E-state index in [1.807, 2.05) is 83.7 Å². The van der Waals surface area contributed by atoms with Crippen LogP contribution in [0.15, 0.2) is 42.7 Å². The first-order chi connectivity index (χ1) is 17.9. The average Bonchev–Trinajstić information content (AvgIpc) is 3.23. The molecule has 0 aliphatic carbocycles. The van der Waals surface area contributed by atoms with Crippen molar-refractivity contribution in [3.05, 3.63) is 54.0 Å². The number of carbonyl (C=O) groups is 2. The van der Waals surface area contributed by atoms with E-state index in [2.05, 4.69) is 16.2 Å². The van der Waals surface area contributed by atoms with E-state index in [1.54, 1.807) is 9.42 Å². The van der Waals surface area contributed by atoms with Crippen molar-refractivity contribution in [3.8, 4) is 11.1 Å². The molecule has 9 heteroatoms. The molecule has 0 spiro atoms. The first-order valence-electron chi connectivity index (χ1n) is 13.1. The maximum absolute atomic E-state index is 13.8. The first kappa shape index (κ1) is 27.2. The molecule has 4 rings (SSSR count). The van der Waals surface area contributed by atoms with Crippen LogP contribution in [0.25, 0.3) is 22.2 Å². The molecule has 0 fully saturated rings. The van der Waals surface area contributed by atoms with E-state index in [4.69, 9.17) is 10.5 Å². The molecular weight excluding hydrogens is 480 g/mol. The second-order valence-corrected chi connectivity index (χ2v) is 11.2. The molecule has 3 aromatic rings. The lowest BCUT2D eigenvalue weighted by Gasteiger charge is -2.31. The van der Waals surface area contributed by atoms with Crippen LogP contribution in [0.1, 0.15) is 70.9 Å². The van der Waals surface area contributed by atoms with Gasteiger partial charge in [0, 0.05) is 29.8 Å². The highest BCUT2D eigenvalue weighted by molar-refractivity contribution is 6.04. The van der Waals surface area contributed by atoms with Gasteiger partial charge in [0.05, 0.1) is 12.2 Å². The fourth-order valence-electron chi connectivity index (χ4n) is 5.02. The monoisotopic (exact) mass is 518 g/mol. The summed E-state index contributed by atoms with van der Waals surface area (Å²) in [6.45, 7) is 14.6. The van der Waals surface area contributed by atoms with Crippen LogP contribution in [-0.4, -0.2) is 67.2 Å². The number of hydrogen-bond acceptors (Lipinski definition) is 6. The fourth-order valence-corrected chi connectivity index (χ4v) is 5.02. The van der Waals surface area contributed by atoms with Gasteiger partial charge in [-0.3, -0.25) is 4.79 Å². The van der Waals surface area contributed by atoms with Crippen molar-refractivity contribution in [1.29, 1.82) is 0 Å². The van der Waals surface area contributed by atoms with E-state index in [0.717, 1.165) is 22.4 Å². The summed E-state index contributed by atoms with van der Waals surface area (Å²) >= 11 is 0. The number of rotatable bonds is 5. The lowest BCUT2D eigenvalue weighted by molar-refractivity contribution is 0.0272. The van der Waals surface area contributed by atoms with Crippen LogP contribution in [0.4, 0.5) is 10.6 Å². The molecule has 202 valence electrons. The molecule has 3 heterocycles. The quantitative estimate of drug-likeness (QED) is 0.494. The largest absolute Gasteiger partial charge is 0.444 e. The molecule has 1 aliphatic heterocycles. The van der Waals surface area contributed by atoms with Gasteiger partial charge in [-0.1, -0.05) is 24.3 Å². The molecule has 9 nitrogen and oxygen atoms in total. The Balaban J connectivity index is 1.82. The number of nitrogens with two attached hydrogens (primary N) is 1. The Hall–Kier alpha value is -3.88. The van der Waals surface area contributed by atoms with Crippen molar-refractivity contribution >= 4 is 28.9 Å². The zero-order chi connectivity index (χ0) is 27.8. The van der Waals surface area contributed by atoms with Gasteiger partial charge < -0.3 is 20.3 Å². The predicted molar refractivity (Wildman–Crippen MR) is 150 cm³/mol. The number of carbonyl (C=O) groups excluding carboxylic acids is 2. The van der Waals surface area contributed by atoms with Crippen LogP contribution in [0.5, 0.6) is 0 Å². The van der Waals surface area contributed by atoms with Gasteiger partial charge in [0.2, 0.25) is 0 Å². The molecule has 0 saturated heterocycles. The molecule has 0 bridgehead atoms. The van der Waals surface area contributed by atoms with Crippen molar-refractivity contribution in [3.63, 3.8) is 0 Å². The Morgan fingerprint density at radius 1 is 1.08 bits per heavy atom. The van der Waals surface area contributed by atoms with Crippen molar-refractivity contribution < 1.29 is 14.3 Å². The summed E-state index contributed by atoms with van der Waals surface area (Å²) in [5.74, 6) is 0.267. The molecule has 0 atom stereocenters. The third kappa shape index (κ3) is 5.37. The smallest absolute Gasteiger partial charge is 0.410 e. The number of aromatic nitrogens is 3. The number of ether oxygens (including phenoxy) is 1. The van der Waals surface area contributed by atoms with E-state index in [1.165, 1.54) is 6.33 Å². The molecule has 1 aromatic carbocycles. The first-order valence-corrected chi connectivity index (χ1v) is 13.1. The summed E-state index contributed by atoms with van der Waals surface area (Å²) in [6.07, 6.45) is 3.86. The molecule has 2 amide bonds. The van der Waals surface area contributed by atoms with Crippen LogP contribution < -0.4 is 5.73 Å². The minimum absolute atomic E-state index is 0.0385. The number of anilines is 1. The van der Waals surface area contributed by atoms with Crippen LogP contribution >= 0.6 is 0 Å². The summed E-state index contributed by atoms with van der Waals surface area (Å²) < 4.78 is 7.37. The van der Waals surface area contributed by atoms with Crippen LogP contribution in [0, 0.1) is 0 Å². The Morgan fingerprint density at radius 3 is 2.42 bits per heavy atom. The number of hydrogen-bond donors (Lipinski definition) is 1. The Bertz CT molecular complexity index is 1370. The standard InChI is InChI=1S/C29H38N6O3/c1-18(2)34(19(3)4)27(36)22-13-9-8-12-21(22)23-15-24(35-25(23)26(30)31-17-32-35)20-11-10-14-33(16-20)28(37)38-29(5,6)7/h8-9,11-13,15,17-19H,10,14,16H2,1-7H3,(H2,30,31,32). The molecule has 1 aliphatic rings. The van der Waals surface area contributed by atoms with Gasteiger partial charge in [-0.15, -0.1) is 0 Å². The molecular formula is C29H38N6O3. The van der Waals surface area contributed by atoms with E-state index in [9.17, 15) is 9.59 Å². The number of amides is 2. The minimum atomic E-state index is -0.578. The van der Waals surface area contributed by atoms with E-state index >= 15 is 0 Å². The highest BCUT2D eigenvalue weighted by atomic mass is 16.6. The topological polar surface area (TPSA) is 106 Å². The molecule has 0 radical (unpaired) electrons. The normalized spacial score (nSPS) is 14.2. The lowest BCUT2D eigenvalue weighted by atomic mass is 9.97. The maximum Gasteiger partial charge on any atom is 0.410 e. The van der Waals surface area contributed by atoms with Crippen molar-refractivity contribution in [2.24, 2.45) is 0 Å². The van der Waals surface area contributed by atoms with Gasteiger partial charge in [0.15, 0.2) is 5.82 Å². The van der Waals surface area contributed by atoms with Crippen molar-refractivity contribution in [2.45, 2.75) is 72.6 Å². The third-order valence-corrected chi connectivity index (χ3v) is 6.51. The second-order valence-electron chi connectivity index (χ2n) is 11.2. The Labute approximate surface area is 224 Å². The molecule has 2 aromatic heterocycles. The SMILES string of the molecule is CC(C)N(C(=O)c1ccccc1-c1cc(C2=CCCN(C(=O)OC(C)(C)C)C2)n2ncnc(N)c12)C(C)C.